The van der Waals surface area contributed by atoms with Gasteiger partial charge >= 0.3 is 5.97 Å². The van der Waals surface area contributed by atoms with Crippen LogP contribution in [0.3, 0.4) is 0 Å². The molecule has 0 atom stereocenters. The van der Waals surface area contributed by atoms with Gasteiger partial charge in [0, 0.05) is 24.6 Å². The van der Waals surface area contributed by atoms with E-state index in [1.54, 1.807) is 36.1 Å². The molecule has 1 heterocycles. The number of hydrogen-bond acceptors (Lipinski definition) is 4. The fourth-order valence-electron chi connectivity index (χ4n) is 3.44. The highest BCUT2D eigenvalue weighted by Crippen LogP contribution is 2.23. The lowest BCUT2D eigenvalue weighted by atomic mass is 9.95. The number of para-hydroxylation sites is 1. The molecule has 6 heteroatoms. The largest absolute Gasteiger partial charge is 0.462 e. The van der Waals surface area contributed by atoms with E-state index in [9.17, 15) is 14.4 Å². The summed E-state index contributed by atoms with van der Waals surface area (Å²) in [4.78, 5) is 39.2. The number of ether oxygens (including phenoxy) is 1. The molecule has 0 aromatic heterocycles. The molecule has 2 aromatic carbocycles. The number of carbonyl (C=O) groups is 3. The van der Waals surface area contributed by atoms with E-state index in [1.807, 2.05) is 31.2 Å². The normalized spacial score (nSPS) is 14.3. The summed E-state index contributed by atoms with van der Waals surface area (Å²) in [6.07, 6.45) is 1.18. The first-order valence-electron chi connectivity index (χ1n) is 9.92. The number of anilines is 1. The average Bonchev–Trinajstić information content (AvgIpc) is 2.74. The van der Waals surface area contributed by atoms with Crippen LogP contribution in [0.4, 0.5) is 5.69 Å². The number of hydrogen-bond donors (Lipinski definition) is 1. The Morgan fingerprint density at radius 1 is 1.03 bits per heavy atom. The third kappa shape index (κ3) is 5.02. The van der Waals surface area contributed by atoms with Gasteiger partial charge in [-0.15, -0.1) is 0 Å². The lowest BCUT2D eigenvalue weighted by Crippen LogP contribution is -2.41. The highest BCUT2D eigenvalue weighted by atomic mass is 16.5. The van der Waals surface area contributed by atoms with E-state index < -0.39 is 5.97 Å². The van der Waals surface area contributed by atoms with Gasteiger partial charge in [0.2, 0.25) is 5.91 Å². The van der Waals surface area contributed by atoms with E-state index in [0.717, 1.165) is 5.56 Å². The second kappa shape index (κ2) is 9.37. The minimum absolute atomic E-state index is 0.00323. The molecule has 0 radical (unpaired) electrons. The van der Waals surface area contributed by atoms with Crippen LogP contribution in [0.15, 0.2) is 48.5 Å². The summed E-state index contributed by atoms with van der Waals surface area (Å²) < 4.78 is 5.05. The van der Waals surface area contributed by atoms with Crippen LogP contribution < -0.4 is 5.32 Å². The van der Waals surface area contributed by atoms with Crippen molar-refractivity contribution in [2.75, 3.05) is 25.0 Å². The number of likely N-dealkylation sites (tertiary alicyclic amines) is 1. The topological polar surface area (TPSA) is 75.7 Å². The van der Waals surface area contributed by atoms with Crippen LogP contribution in [0, 0.1) is 12.8 Å². The van der Waals surface area contributed by atoms with Crippen molar-refractivity contribution in [3.63, 3.8) is 0 Å². The molecule has 0 bridgehead atoms. The third-order valence-corrected chi connectivity index (χ3v) is 5.13. The van der Waals surface area contributed by atoms with Crippen LogP contribution >= 0.6 is 0 Å². The van der Waals surface area contributed by atoms with E-state index in [2.05, 4.69) is 5.32 Å². The van der Waals surface area contributed by atoms with E-state index in [1.165, 1.54) is 0 Å². The van der Waals surface area contributed by atoms with Gasteiger partial charge in [-0.3, -0.25) is 9.59 Å². The highest BCUT2D eigenvalue weighted by molar-refractivity contribution is 6.02. The first kappa shape index (κ1) is 20.6. The lowest BCUT2D eigenvalue weighted by Gasteiger charge is -2.31. The maximum atomic E-state index is 12.7. The van der Waals surface area contributed by atoms with Crippen LogP contribution in [-0.4, -0.2) is 42.4 Å². The van der Waals surface area contributed by atoms with Crippen molar-refractivity contribution in [1.29, 1.82) is 0 Å². The van der Waals surface area contributed by atoms with Crippen molar-refractivity contribution >= 4 is 23.5 Å². The Balaban J connectivity index is 1.59. The maximum Gasteiger partial charge on any atom is 0.340 e. The van der Waals surface area contributed by atoms with Gasteiger partial charge in [-0.05, 0) is 51.0 Å². The van der Waals surface area contributed by atoms with Gasteiger partial charge in [-0.1, -0.05) is 29.8 Å². The van der Waals surface area contributed by atoms with Gasteiger partial charge in [-0.25, -0.2) is 4.79 Å². The number of esters is 1. The molecular weight excluding hydrogens is 368 g/mol. The van der Waals surface area contributed by atoms with Crippen LogP contribution in [0.25, 0.3) is 0 Å². The summed E-state index contributed by atoms with van der Waals surface area (Å²) in [6, 6.07) is 14.4. The zero-order valence-corrected chi connectivity index (χ0v) is 16.8. The van der Waals surface area contributed by atoms with Gasteiger partial charge in [0.1, 0.15) is 0 Å². The first-order valence-corrected chi connectivity index (χ1v) is 9.92. The number of aryl methyl sites for hydroxylation is 1. The van der Waals surface area contributed by atoms with Crippen LogP contribution in [0.2, 0.25) is 0 Å². The summed E-state index contributed by atoms with van der Waals surface area (Å²) in [5.74, 6) is -0.796. The molecule has 1 saturated heterocycles. The molecule has 3 rings (SSSR count). The standard InChI is InChI=1S/C23H26N2O4/c1-3-29-23(28)19-6-4-5-7-20(19)24-21(26)17-12-14-25(15-13-17)22(27)18-10-8-16(2)9-11-18/h4-11,17H,3,12-15H2,1-2H3,(H,24,26). The number of carbonyl (C=O) groups excluding carboxylic acids is 3. The summed E-state index contributed by atoms with van der Waals surface area (Å²) in [7, 11) is 0. The third-order valence-electron chi connectivity index (χ3n) is 5.13. The van der Waals surface area contributed by atoms with E-state index in [-0.39, 0.29) is 24.3 Å². The monoisotopic (exact) mass is 394 g/mol. The molecule has 2 aromatic rings. The second-order valence-corrected chi connectivity index (χ2v) is 7.19. The smallest absolute Gasteiger partial charge is 0.340 e. The van der Waals surface area contributed by atoms with Crippen molar-refractivity contribution in [3.05, 3.63) is 65.2 Å². The van der Waals surface area contributed by atoms with Crippen molar-refractivity contribution < 1.29 is 19.1 Å². The van der Waals surface area contributed by atoms with Crippen molar-refractivity contribution in [1.82, 2.24) is 4.90 Å². The number of nitrogens with zero attached hydrogens (tertiary/aromatic N) is 1. The predicted molar refractivity (Wildman–Crippen MR) is 111 cm³/mol. The van der Waals surface area contributed by atoms with Crippen molar-refractivity contribution in [2.24, 2.45) is 5.92 Å². The Bertz CT molecular complexity index is 884. The SMILES string of the molecule is CCOC(=O)c1ccccc1NC(=O)C1CCN(C(=O)c2ccc(C)cc2)CC1. The van der Waals surface area contributed by atoms with E-state index in [4.69, 9.17) is 4.74 Å². The summed E-state index contributed by atoms with van der Waals surface area (Å²) in [6.45, 7) is 5.06. The quantitative estimate of drug-likeness (QED) is 0.785. The molecule has 0 aliphatic carbocycles. The molecule has 0 spiro atoms. The second-order valence-electron chi connectivity index (χ2n) is 7.19. The zero-order chi connectivity index (χ0) is 20.8. The summed E-state index contributed by atoms with van der Waals surface area (Å²) >= 11 is 0. The summed E-state index contributed by atoms with van der Waals surface area (Å²) in [5, 5.41) is 2.86. The molecule has 29 heavy (non-hydrogen) atoms. The molecule has 1 aliphatic heterocycles. The number of benzene rings is 2. The number of amides is 2. The molecule has 1 N–H and O–H groups in total. The number of rotatable bonds is 5. The Labute approximate surface area is 170 Å². The minimum atomic E-state index is -0.457. The molecule has 6 nitrogen and oxygen atoms in total. The van der Waals surface area contributed by atoms with E-state index >= 15 is 0 Å². The molecule has 0 saturated carbocycles. The number of piperidine rings is 1. The van der Waals surface area contributed by atoms with Gasteiger partial charge in [0.15, 0.2) is 0 Å². The van der Waals surface area contributed by atoms with Gasteiger partial charge in [-0.2, -0.15) is 0 Å². The Hall–Kier alpha value is -3.15. The van der Waals surface area contributed by atoms with Gasteiger partial charge in [0.25, 0.3) is 5.91 Å². The van der Waals surface area contributed by atoms with Crippen molar-refractivity contribution in [2.45, 2.75) is 26.7 Å². The summed E-state index contributed by atoms with van der Waals surface area (Å²) in [5.41, 5.74) is 2.57. The number of nitrogens with one attached hydrogen (secondary N) is 1. The molecule has 0 unspecified atom stereocenters. The fourth-order valence-corrected chi connectivity index (χ4v) is 3.44. The Morgan fingerprint density at radius 2 is 1.69 bits per heavy atom. The molecule has 1 aliphatic rings. The molecule has 152 valence electrons. The minimum Gasteiger partial charge on any atom is -0.462 e. The average molecular weight is 394 g/mol. The fraction of sp³-hybridized carbons (Fsp3) is 0.348. The van der Waals surface area contributed by atoms with Crippen LogP contribution in [0.5, 0.6) is 0 Å². The Kier molecular flexibility index (Phi) is 6.65. The van der Waals surface area contributed by atoms with Crippen LogP contribution in [0.1, 0.15) is 46.0 Å². The van der Waals surface area contributed by atoms with Gasteiger partial charge in [0.05, 0.1) is 17.9 Å². The molecule has 2 amide bonds. The van der Waals surface area contributed by atoms with E-state index in [0.29, 0.717) is 42.7 Å². The zero-order valence-electron chi connectivity index (χ0n) is 16.8. The highest BCUT2D eigenvalue weighted by Gasteiger charge is 2.28. The molecule has 1 fully saturated rings. The maximum absolute atomic E-state index is 12.7. The Morgan fingerprint density at radius 3 is 2.34 bits per heavy atom. The van der Waals surface area contributed by atoms with Gasteiger partial charge < -0.3 is 15.0 Å². The van der Waals surface area contributed by atoms with Crippen molar-refractivity contribution in [3.8, 4) is 0 Å². The van der Waals surface area contributed by atoms with Crippen LogP contribution in [-0.2, 0) is 9.53 Å². The molecular formula is C23H26N2O4. The first-order chi connectivity index (χ1) is 14.0. The lowest BCUT2D eigenvalue weighted by molar-refractivity contribution is -0.121. The predicted octanol–water partition coefficient (Wildman–Crippen LogP) is 3.66.